The molecule has 0 spiro atoms. The lowest BCUT2D eigenvalue weighted by atomic mass is 9.85. The highest BCUT2D eigenvalue weighted by Gasteiger charge is 2.21. The Bertz CT molecular complexity index is 494. The smallest absolute Gasteiger partial charge is 0.220 e. The van der Waals surface area contributed by atoms with Crippen LogP contribution < -0.4 is 10.1 Å². The van der Waals surface area contributed by atoms with Crippen LogP contribution in [0.3, 0.4) is 0 Å². The topological polar surface area (TPSA) is 38.3 Å². The first-order valence-corrected chi connectivity index (χ1v) is 8.38. The van der Waals surface area contributed by atoms with Crippen LogP contribution in [0.1, 0.15) is 51.7 Å². The first-order chi connectivity index (χ1) is 10.3. The van der Waals surface area contributed by atoms with Crippen molar-refractivity contribution >= 4 is 17.5 Å². The van der Waals surface area contributed by atoms with Crippen molar-refractivity contribution in [2.45, 2.75) is 59.0 Å². The van der Waals surface area contributed by atoms with E-state index in [0.717, 1.165) is 11.3 Å². The Morgan fingerprint density at radius 1 is 1.36 bits per heavy atom. The van der Waals surface area contributed by atoms with Crippen LogP contribution in [0.25, 0.3) is 0 Å². The van der Waals surface area contributed by atoms with E-state index < -0.39 is 0 Å². The lowest BCUT2D eigenvalue weighted by Gasteiger charge is -2.26. The number of hydrogen-bond donors (Lipinski definition) is 1. The van der Waals surface area contributed by atoms with Gasteiger partial charge >= 0.3 is 0 Å². The van der Waals surface area contributed by atoms with E-state index in [2.05, 4.69) is 51.2 Å². The van der Waals surface area contributed by atoms with E-state index in [4.69, 9.17) is 16.3 Å². The van der Waals surface area contributed by atoms with Crippen molar-refractivity contribution in [2.75, 3.05) is 12.4 Å². The van der Waals surface area contributed by atoms with E-state index in [-0.39, 0.29) is 17.4 Å². The number of para-hydroxylation sites is 1. The molecular weight excluding hydrogens is 298 g/mol. The van der Waals surface area contributed by atoms with Gasteiger partial charge in [0.15, 0.2) is 0 Å². The summed E-state index contributed by atoms with van der Waals surface area (Å²) in [6.07, 6.45) is 1.09. The summed E-state index contributed by atoms with van der Waals surface area (Å²) in [5.41, 5.74) is 2.32. The van der Waals surface area contributed by atoms with Gasteiger partial charge < -0.3 is 10.1 Å². The van der Waals surface area contributed by atoms with Gasteiger partial charge in [-0.1, -0.05) is 39.0 Å². The first kappa shape index (κ1) is 18.8. The summed E-state index contributed by atoms with van der Waals surface area (Å²) in [6.45, 7) is 11.0. The summed E-state index contributed by atoms with van der Waals surface area (Å²) in [7, 11) is 0. The molecule has 0 bridgehead atoms. The second-order valence-corrected chi connectivity index (χ2v) is 7.10. The highest BCUT2D eigenvalue weighted by Crippen LogP contribution is 2.34. The summed E-state index contributed by atoms with van der Waals surface area (Å²) >= 11 is 5.59. The first-order valence-electron chi connectivity index (χ1n) is 7.85. The van der Waals surface area contributed by atoms with E-state index in [0.29, 0.717) is 25.3 Å². The molecule has 1 rings (SSSR count). The van der Waals surface area contributed by atoms with E-state index >= 15 is 0 Å². The molecule has 22 heavy (non-hydrogen) atoms. The number of halogens is 1. The molecule has 4 heteroatoms. The lowest BCUT2D eigenvalue weighted by molar-refractivity contribution is -0.121. The Balaban J connectivity index is 2.68. The van der Waals surface area contributed by atoms with Crippen LogP contribution in [0.15, 0.2) is 18.2 Å². The molecule has 124 valence electrons. The zero-order chi connectivity index (χ0) is 16.8. The molecule has 0 saturated carbocycles. The third-order valence-corrected chi connectivity index (χ3v) is 3.73. The van der Waals surface area contributed by atoms with Crippen LogP contribution in [0.5, 0.6) is 5.75 Å². The Morgan fingerprint density at radius 2 is 2.05 bits per heavy atom. The third kappa shape index (κ3) is 5.88. The average Bonchev–Trinajstić information content (AvgIpc) is 2.43. The van der Waals surface area contributed by atoms with Gasteiger partial charge in [0.1, 0.15) is 11.9 Å². The van der Waals surface area contributed by atoms with Gasteiger partial charge in [0, 0.05) is 12.3 Å². The number of aryl methyl sites for hydroxylation is 1. The normalized spacial score (nSPS) is 12.8. The van der Waals surface area contributed by atoms with Crippen molar-refractivity contribution < 1.29 is 9.53 Å². The molecule has 0 aromatic heterocycles. The molecule has 0 radical (unpaired) electrons. The van der Waals surface area contributed by atoms with Crippen molar-refractivity contribution in [3.05, 3.63) is 29.3 Å². The largest absolute Gasteiger partial charge is 0.488 e. The van der Waals surface area contributed by atoms with E-state index in [1.807, 2.05) is 6.92 Å². The number of ether oxygens (including phenoxy) is 1. The molecule has 0 aliphatic heterocycles. The number of amides is 1. The molecule has 1 aromatic carbocycles. The summed E-state index contributed by atoms with van der Waals surface area (Å²) in [4.78, 5) is 11.6. The van der Waals surface area contributed by atoms with Gasteiger partial charge in [0.05, 0.1) is 6.54 Å². The molecule has 3 nitrogen and oxygen atoms in total. The summed E-state index contributed by atoms with van der Waals surface area (Å²) < 4.78 is 6.12. The number of rotatable bonds is 7. The van der Waals surface area contributed by atoms with Crippen molar-refractivity contribution in [3.63, 3.8) is 0 Å². The van der Waals surface area contributed by atoms with Crippen LogP contribution in [0.4, 0.5) is 0 Å². The van der Waals surface area contributed by atoms with Crippen LogP contribution in [-0.2, 0) is 10.2 Å². The molecule has 1 amide bonds. The second kappa shape index (κ2) is 8.42. The molecule has 1 unspecified atom stereocenters. The molecular formula is C18H28ClNO2. The number of carbonyl (C=O) groups is 1. The molecule has 0 aliphatic rings. The Morgan fingerprint density at radius 3 is 2.64 bits per heavy atom. The molecule has 0 heterocycles. The van der Waals surface area contributed by atoms with E-state index in [1.165, 1.54) is 5.56 Å². The quantitative estimate of drug-likeness (QED) is 0.763. The zero-order valence-corrected chi connectivity index (χ0v) is 15.1. The second-order valence-electron chi connectivity index (χ2n) is 6.73. The molecule has 0 saturated heterocycles. The standard InChI is InChI=1S/C18H28ClNO2/c1-13-8-6-9-15(18(3,4)5)17(13)22-14(2)12-20-16(21)10-7-11-19/h6,8-9,14H,7,10-12H2,1-5H3,(H,20,21). The Labute approximate surface area is 139 Å². The Hall–Kier alpha value is -1.22. The minimum Gasteiger partial charge on any atom is -0.488 e. The fraction of sp³-hybridized carbons (Fsp3) is 0.611. The molecule has 0 aliphatic carbocycles. The maximum atomic E-state index is 11.6. The number of carbonyl (C=O) groups excluding carboxylic acids is 1. The van der Waals surface area contributed by atoms with Crippen LogP contribution >= 0.6 is 11.6 Å². The van der Waals surface area contributed by atoms with E-state index in [1.54, 1.807) is 0 Å². The number of benzene rings is 1. The van der Waals surface area contributed by atoms with Crippen molar-refractivity contribution in [3.8, 4) is 5.75 Å². The minimum atomic E-state index is -0.0813. The van der Waals surface area contributed by atoms with Gasteiger partial charge in [-0.3, -0.25) is 4.79 Å². The zero-order valence-electron chi connectivity index (χ0n) is 14.3. The third-order valence-electron chi connectivity index (χ3n) is 3.46. The van der Waals surface area contributed by atoms with Gasteiger partial charge in [-0.25, -0.2) is 0 Å². The molecule has 1 atom stereocenters. The fourth-order valence-electron chi connectivity index (χ4n) is 2.22. The Kier molecular flexibility index (Phi) is 7.21. The van der Waals surface area contributed by atoms with E-state index in [9.17, 15) is 4.79 Å². The number of alkyl halides is 1. The molecule has 1 N–H and O–H groups in total. The maximum Gasteiger partial charge on any atom is 0.220 e. The van der Waals surface area contributed by atoms with Crippen LogP contribution in [0, 0.1) is 6.92 Å². The minimum absolute atomic E-state index is 0.0185. The van der Waals surface area contributed by atoms with Crippen molar-refractivity contribution in [1.82, 2.24) is 5.32 Å². The lowest BCUT2D eigenvalue weighted by Crippen LogP contribution is -2.34. The summed E-state index contributed by atoms with van der Waals surface area (Å²) in [6, 6.07) is 6.21. The SMILES string of the molecule is Cc1cccc(C(C)(C)C)c1OC(C)CNC(=O)CCCCl. The van der Waals surface area contributed by atoms with Crippen molar-refractivity contribution in [1.29, 1.82) is 0 Å². The van der Waals surface area contributed by atoms with Gasteiger partial charge in [0.25, 0.3) is 0 Å². The predicted molar refractivity (Wildman–Crippen MR) is 92.9 cm³/mol. The molecule has 0 fully saturated rings. The fourth-order valence-corrected chi connectivity index (χ4v) is 2.35. The van der Waals surface area contributed by atoms with Gasteiger partial charge in [-0.15, -0.1) is 11.6 Å². The van der Waals surface area contributed by atoms with Gasteiger partial charge in [-0.2, -0.15) is 0 Å². The monoisotopic (exact) mass is 325 g/mol. The summed E-state index contributed by atoms with van der Waals surface area (Å²) in [5.74, 6) is 1.46. The van der Waals surface area contributed by atoms with Gasteiger partial charge in [-0.05, 0) is 36.8 Å². The highest BCUT2D eigenvalue weighted by molar-refractivity contribution is 6.17. The van der Waals surface area contributed by atoms with Gasteiger partial charge in [0.2, 0.25) is 5.91 Å². The average molecular weight is 326 g/mol. The predicted octanol–water partition coefficient (Wildman–Crippen LogP) is 4.20. The summed E-state index contributed by atoms with van der Waals surface area (Å²) in [5, 5.41) is 2.89. The highest BCUT2D eigenvalue weighted by atomic mass is 35.5. The van der Waals surface area contributed by atoms with Crippen LogP contribution in [-0.4, -0.2) is 24.4 Å². The van der Waals surface area contributed by atoms with Crippen LogP contribution in [0.2, 0.25) is 0 Å². The maximum absolute atomic E-state index is 11.6. The number of nitrogens with one attached hydrogen (secondary N) is 1. The van der Waals surface area contributed by atoms with Crippen molar-refractivity contribution in [2.24, 2.45) is 0 Å². The number of hydrogen-bond acceptors (Lipinski definition) is 2. The molecule has 1 aromatic rings.